The fraction of sp³-hybridized carbons (Fsp3) is 1.00. The van der Waals surface area contributed by atoms with Crippen LogP contribution in [0.2, 0.25) is 0 Å². The first-order chi connectivity index (χ1) is 7.83. The Morgan fingerprint density at radius 3 is 1.94 bits per heavy atom. The van der Waals surface area contributed by atoms with E-state index in [0.717, 1.165) is 26.1 Å². The van der Waals surface area contributed by atoms with Crippen LogP contribution in [0.4, 0.5) is 0 Å². The first-order valence-electron chi connectivity index (χ1n) is 7.11. The zero-order valence-corrected chi connectivity index (χ0v) is 11.1. The molecule has 2 heteroatoms. The van der Waals surface area contributed by atoms with Gasteiger partial charge < -0.3 is 9.47 Å². The summed E-state index contributed by atoms with van der Waals surface area (Å²) in [6.07, 6.45) is 11.2. The van der Waals surface area contributed by atoms with Crippen molar-refractivity contribution in [3.63, 3.8) is 0 Å². The predicted octanol–water partition coefficient (Wildman–Crippen LogP) is 4.28. The zero-order valence-electron chi connectivity index (χ0n) is 11.1. The number of hydrogen-bond donors (Lipinski definition) is 0. The van der Waals surface area contributed by atoms with E-state index in [-0.39, 0.29) is 5.79 Å². The summed E-state index contributed by atoms with van der Waals surface area (Å²) in [6, 6.07) is 0. The maximum absolute atomic E-state index is 5.83. The lowest BCUT2D eigenvalue weighted by atomic mass is 10.0. The molecule has 0 spiro atoms. The maximum atomic E-state index is 5.83. The molecule has 0 bridgehead atoms. The molecule has 16 heavy (non-hydrogen) atoms. The predicted molar refractivity (Wildman–Crippen MR) is 67.5 cm³/mol. The van der Waals surface area contributed by atoms with Crippen LogP contribution in [0, 0.1) is 0 Å². The van der Waals surface area contributed by atoms with Gasteiger partial charge in [0.2, 0.25) is 0 Å². The van der Waals surface area contributed by atoms with Crippen LogP contribution in [-0.4, -0.2) is 19.0 Å². The van der Waals surface area contributed by atoms with Crippen molar-refractivity contribution in [2.45, 2.75) is 77.4 Å². The van der Waals surface area contributed by atoms with Gasteiger partial charge in [0.25, 0.3) is 0 Å². The van der Waals surface area contributed by atoms with E-state index in [1.807, 2.05) is 0 Å². The van der Waals surface area contributed by atoms with Crippen LogP contribution in [0.3, 0.4) is 0 Å². The summed E-state index contributed by atoms with van der Waals surface area (Å²) in [6.45, 7) is 6.06. The minimum Gasteiger partial charge on any atom is -0.348 e. The third kappa shape index (κ3) is 4.84. The molecule has 0 saturated carbocycles. The maximum Gasteiger partial charge on any atom is 0.168 e. The molecule has 1 fully saturated rings. The van der Waals surface area contributed by atoms with E-state index >= 15 is 0 Å². The van der Waals surface area contributed by atoms with Gasteiger partial charge in [-0.3, -0.25) is 0 Å². The third-order valence-electron chi connectivity index (χ3n) is 3.39. The van der Waals surface area contributed by atoms with Gasteiger partial charge in [-0.25, -0.2) is 0 Å². The van der Waals surface area contributed by atoms with Crippen molar-refractivity contribution >= 4 is 0 Å². The summed E-state index contributed by atoms with van der Waals surface area (Å²) in [5.74, 6) is -0.206. The Kier molecular flexibility index (Phi) is 7.06. The second-order valence-corrected chi connectivity index (χ2v) is 4.88. The van der Waals surface area contributed by atoms with E-state index in [1.165, 1.54) is 44.9 Å². The zero-order chi connectivity index (χ0) is 11.7. The summed E-state index contributed by atoms with van der Waals surface area (Å²) in [5, 5.41) is 0. The number of rotatable bonds is 9. The summed E-state index contributed by atoms with van der Waals surface area (Å²) < 4.78 is 11.7. The Morgan fingerprint density at radius 1 is 0.750 bits per heavy atom. The summed E-state index contributed by atoms with van der Waals surface area (Å²) in [5.41, 5.74) is 0. The van der Waals surface area contributed by atoms with Gasteiger partial charge in [-0.05, 0) is 12.8 Å². The van der Waals surface area contributed by atoms with Crippen LogP contribution in [0.5, 0.6) is 0 Å². The third-order valence-corrected chi connectivity index (χ3v) is 3.39. The average molecular weight is 228 g/mol. The Labute approximate surface area is 101 Å². The average Bonchev–Trinajstić information content (AvgIpc) is 2.76. The van der Waals surface area contributed by atoms with Gasteiger partial charge in [0.1, 0.15) is 0 Å². The molecule has 0 aromatic rings. The molecule has 0 atom stereocenters. The quantitative estimate of drug-likeness (QED) is 0.548. The lowest BCUT2D eigenvalue weighted by Gasteiger charge is -2.27. The molecule has 0 aliphatic carbocycles. The fourth-order valence-electron chi connectivity index (χ4n) is 2.35. The molecule has 2 nitrogen and oxygen atoms in total. The first kappa shape index (κ1) is 14.0. The van der Waals surface area contributed by atoms with Gasteiger partial charge in [-0.2, -0.15) is 0 Å². The molecular weight excluding hydrogens is 200 g/mol. The lowest BCUT2D eigenvalue weighted by molar-refractivity contribution is -0.168. The topological polar surface area (TPSA) is 18.5 Å². The molecule has 0 radical (unpaired) electrons. The van der Waals surface area contributed by atoms with Crippen LogP contribution in [0.25, 0.3) is 0 Å². The monoisotopic (exact) mass is 228 g/mol. The van der Waals surface area contributed by atoms with Crippen molar-refractivity contribution in [3.05, 3.63) is 0 Å². The molecule has 0 aromatic heterocycles. The van der Waals surface area contributed by atoms with E-state index < -0.39 is 0 Å². The molecule has 0 amide bonds. The molecule has 1 heterocycles. The summed E-state index contributed by atoms with van der Waals surface area (Å²) in [4.78, 5) is 0. The van der Waals surface area contributed by atoms with Crippen LogP contribution < -0.4 is 0 Å². The van der Waals surface area contributed by atoms with Gasteiger partial charge in [0.05, 0.1) is 13.2 Å². The molecule has 0 aromatic carbocycles. The Hall–Kier alpha value is -0.0800. The highest BCUT2D eigenvalue weighted by Crippen LogP contribution is 2.31. The first-order valence-corrected chi connectivity index (χ1v) is 7.11. The molecular formula is C14H28O2. The minimum atomic E-state index is -0.206. The normalized spacial score (nSPS) is 19.1. The van der Waals surface area contributed by atoms with Crippen molar-refractivity contribution in [1.82, 2.24) is 0 Å². The Balaban J connectivity index is 2.17. The number of hydrogen-bond acceptors (Lipinski definition) is 2. The van der Waals surface area contributed by atoms with Crippen LogP contribution in [-0.2, 0) is 9.47 Å². The van der Waals surface area contributed by atoms with Crippen molar-refractivity contribution in [2.24, 2.45) is 0 Å². The van der Waals surface area contributed by atoms with Gasteiger partial charge in [-0.1, -0.05) is 46.0 Å². The molecule has 0 N–H and O–H groups in total. The fourth-order valence-corrected chi connectivity index (χ4v) is 2.35. The van der Waals surface area contributed by atoms with E-state index in [2.05, 4.69) is 13.8 Å². The highest BCUT2D eigenvalue weighted by molar-refractivity contribution is 4.74. The second kappa shape index (κ2) is 8.08. The smallest absolute Gasteiger partial charge is 0.168 e. The number of ether oxygens (including phenoxy) is 2. The van der Waals surface area contributed by atoms with Crippen LogP contribution in [0.1, 0.15) is 71.6 Å². The molecule has 1 aliphatic rings. The van der Waals surface area contributed by atoms with Gasteiger partial charge in [0.15, 0.2) is 5.79 Å². The highest BCUT2D eigenvalue weighted by atomic mass is 16.7. The van der Waals surface area contributed by atoms with Crippen LogP contribution in [0.15, 0.2) is 0 Å². The molecule has 1 rings (SSSR count). The van der Waals surface area contributed by atoms with Crippen LogP contribution >= 0.6 is 0 Å². The van der Waals surface area contributed by atoms with Gasteiger partial charge in [-0.15, -0.1) is 0 Å². The summed E-state index contributed by atoms with van der Waals surface area (Å²) >= 11 is 0. The SMILES string of the molecule is CCCCCCCC1(CCCC)OCCO1. The highest BCUT2D eigenvalue weighted by Gasteiger charge is 2.34. The van der Waals surface area contributed by atoms with Gasteiger partial charge >= 0.3 is 0 Å². The van der Waals surface area contributed by atoms with Crippen molar-refractivity contribution < 1.29 is 9.47 Å². The molecule has 96 valence electrons. The summed E-state index contributed by atoms with van der Waals surface area (Å²) in [7, 11) is 0. The van der Waals surface area contributed by atoms with Crippen molar-refractivity contribution in [1.29, 1.82) is 0 Å². The lowest BCUT2D eigenvalue weighted by Crippen LogP contribution is -2.29. The largest absolute Gasteiger partial charge is 0.348 e. The van der Waals surface area contributed by atoms with Crippen molar-refractivity contribution in [2.75, 3.05) is 13.2 Å². The Bertz CT molecular complexity index is 162. The van der Waals surface area contributed by atoms with E-state index in [1.54, 1.807) is 0 Å². The van der Waals surface area contributed by atoms with E-state index in [9.17, 15) is 0 Å². The van der Waals surface area contributed by atoms with Crippen molar-refractivity contribution in [3.8, 4) is 0 Å². The van der Waals surface area contributed by atoms with Gasteiger partial charge in [0, 0.05) is 12.8 Å². The molecule has 0 unspecified atom stereocenters. The second-order valence-electron chi connectivity index (χ2n) is 4.88. The standard InChI is InChI=1S/C14H28O2/c1-3-5-7-8-9-11-14(10-6-4-2)15-12-13-16-14/h3-13H2,1-2H3. The molecule has 1 saturated heterocycles. The minimum absolute atomic E-state index is 0.206. The molecule has 1 aliphatic heterocycles. The number of unbranched alkanes of at least 4 members (excludes halogenated alkanes) is 5. The van der Waals surface area contributed by atoms with E-state index in [4.69, 9.17) is 9.47 Å². The Morgan fingerprint density at radius 2 is 1.31 bits per heavy atom. The van der Waals surface area contributed by atoms with E-state index in [0.29, 0.717) is 0 Å².